The predicted octanol–water partition coefficient (Wildman–Crippen LogP) is 3.48. The summed E-state index contributed by atoms with van der Waals surface area (Å²) >= 11 is 0. The van der Waals surface area contributed by atoms with Crippen molar-refractivity contribution in [3.63, 3.8) is 0 Å². The molecule has 0 saturated heterocycles. The summed E-state index contributed by atoms with van der Waals surface area (Å²) in [4.78, 5) is 0. The molecule has 11 heavy (non-hydrogen) atoms. The van der Waals surface area contributed by atoms with Gasteiger partial charge in [-0.25, -0.2) is 0 Å². The van der Waals surface area contributed by atoms with Gasteiger partial charge in [0.05, 0.1) is 0 Å². The van der Waals surface area contributed by atoms with Crippen LogP contribution in [0.25, 0.3) is 0 Å². The summed E-state index contributed by atoms with van der Waals surface area (Å²) in [5, 5.41) is 0. The molecular formula is C11H16. The average Bonchev–Trinajstić information content (AvgIpc) is 2.40. The molecule has 1 aliphatic rings. The molecule has 0 unspecified atom stereocenters. The van der Waals surface area contributed by atoms with Crippen molar-refractivity contribution in [2.75, 3.05) is 0 Å². The van der Waals surface area contributed by atoms with Gasteiger partial charge in [0.2, 0.25) is 0 Å². The molecule has 0 amide bonds. The molecule has 0 aromatic heterocycles. The topological polar surface area (TPSA) is 0 Å². The van der Waals surface area contributed by atoms with Crippen molar-refractivity contribution in [1.82, 2.24) is 0 Å². The van der Waals surface area contributed by atoms with Crippen LogP contribution in [0.3, 0.4) is 0 Å². The van der Waals surface area contributed by atoms with Crippen molar-refractivity contribution in [1.29, 1.82) is 0 Å². The summed E-state index contributed by atoms with van der Waals surface area (Å²) in [6.45, 7) is 6.74. The Labute approximate surface area is 69.3 Å². The maximum Gasteiger partial charge on any atom is -0.0251 e. The van der Waals surface area contributed by atoms with E-state index in [0.29, 0.717) is 5.92 Å². The molecule has 0 aliphatic heterocycles. The summed E-state index contributed by atoms with van der Waals surface area (Å²) in [6.07, 6.45) is 9.76. The summed E-state index contributed by atoms with van der Waals surface area (Å²) in [5.74, 6) is 0.683. The standard InChI is InChI=1S/C11H16/c1-4-11(9(2)3)10-7-5-6-8-10/h5-9H,4H2,1-3H3. The number of hydrogen-bond acceptors (Lipinski definition) is 0. The Balaban J connectivity index is 2.89. The maximum absolute atomic E-state index is 2.26. The fraction of sp³-hybridized carbons (Fsp3) is 0.455. The summed E-state index contributed by atoms with van der Waals surface area (Å²) in [7, 11) is 0. The third-order valence-corrected chi connectivity index (χ3v) is 2.11. The van der Waals surface area contributed by atoms with Crippen LogP contribution in [0.5, 0.6) is 0 Å². The molecule has 0 radical (unpaired) electrons. The fourth-order valence-electron chi connectivity index (χ4n) is 1.53. The monoisotopic (exact) mass is 148 g/mol. The summed E-state index contributed by atoms with van der Waals surface area (Å²) in [5.41, 5.74) is 2.98. The lowest BCUT2D eigenvalue weighted by atomic mass is 9.95. The van der Waals surface area contributed by atoms with Gasteiger partial charge in [-0.2, -0.15) is 0 Å². The average molecular weight is 148 g/mol. The first kappa shape index (κ1) is 8.32. The summed E-state index contributed by atoms with van der Waals surface area (Å²) in [6, 6.07) is 0. The van der Waals surface area contributed by atoms with E-state index in [1.54, 1.807) is 5.57 Å². The summed E-state index contributed by atoms with van der Waals surface area (Å²) < 4.78 is 0. The van der Waals surface area contributed by atoms with Gasteiger partial charge in [-0.3, -0.25) is 0 Å². The largest absolute Gasteiger partial charge is 0.0617 e. The highest BCUT2D eigenvalue weighted by molar-refractivity contribution is 5.43. The minimum atomic E-state index is 0.683. The Kier molecular flexibility index (Phi) is 2.70. The van der Waals surface area contributed by atoms with Gasteiger partial charge < -0.3 is 0 Å². The zero-order valence-electron chi connectivity index (χ0n) is 7.59. The van der Waals surface area contributed by atoms with Crippen LogP contribution in [-0.4, -0.2) is 0 Å². The molecule has 0 aromatic rings. The normalized spacial score (nSPS) is 15.1. The first-order valence-electron chi connectivity index (χ1n) is 4.33. The number of hydrogen-bond donors (Lipinski definition) is 0. The number of allylic oxidation sites excluding steroid dienone is 6. The molecule has 0 fully saturated rings. The molecule has 0 saturated carbocycles. The zero-order valence-corrected chi connectivity index (χ0v) is 7.59. The van der Waals surface area contributed by atoms with Crippen LogP contribution in [0.15, 0.2) is 35.5 Å². The van der Waals surface area contributed by atoms with Crippen LogP contribution in [0.4, 0.5) is 0 Å². The Morgan fingerprint density at radius 1 is 1.27 bits per heavy atom. The van der Waals surface area contributed by atoms with Gasteiger partial charge in [-0.15, -0.1) is 0 Å². The van der Waals surface area contributed by atoms with Crippen LogP contribution in [0.2, 0.25) is 0 Å². The quantitative estimate of drug-likeness (QED) is 0.562. The molecule has 0 N–H and O–H groups in total. The van der Waals surface area contributed by atoms with Crippen molar-refractivity contribution >= 4 is 0 Å². The maximum atomic E-state index is 2.26. The Morgan fingerprint density at radius 3 is 2.18 bits per heavy atom. The molecule has 0 heterocycles. The molecule has 1 rings (SSSR count). The third kappa shape index (κ3) is 1.83. The van der Waals surface area contributed by atoms with E-state index in [9.17, 15) is 0 Å². The van der Waals surface area contributed by atoms with Gasteiger partial charge >= 0.3 is 0 Å². The van der Waals surface area contributed by atoms with Crippen molar-refractivity contribution in [2.24, 2.45) is 5.92 Å². The molecule has 1 aliphatic carbocycles. The molecular weight excluding hydrogens is 132 g/mol. The Morgan fingerprint density at radius 2 is 1.82 bits per heavy atom. The molecule has 0 aromatic carbocycles. The van der Waals surface area contributed by atoms with E-state index in [4.69, 9.17) is 0 Å². The van der Waals surface area contributed by atoms with Crippen molar-refractivity contribution in [3.05, 3.63) is 35.5 Å². The second-order valence-electron chi connectivity index (χ2n) is 3.21. The zero-order chi connectivity index (χ0) is 8.27. The first-order chi connectivity index (χ1) is 5.25. The van der Waals surface area contributed by atoms with Crippen molar-refractivity contribution in [3.8, 4) is 0 Å². The minimum Gasteiger partial charge on any atom is -0.0617 e. The van der Waals surface area contributed by atoms with Crippen molar-refractivity contribution < 1.29 is 0 Å². The van der Waals surface area contributed by atoms with E-state index in [0.717, 1.165) is 0 Å². The third-order valence-electron chi connectivity index (χ3n) is 2.11. The van der Waals surface area contributed by atoms with Gasteiger partial charge in [0.25, 0.3) is 0 Å². The van der Waals surface area contributed by atoms with Gasteiger partial charge in [0.15, 0.2) is 0 Å². The van der Waals surface area contributed by atoms with E-state index in [-0.39, 0.29) is 0 Å². The van der Waals surface area contributed by atoms with Gasteiger partial charge in [-0.05, 0) is 17.9 Å². The van der Waals surface area contributed by atoms with Gasteiger partial charge in [-0.1, -0.05) is 50.6 Å². The lowest BCUT2D eigenvalue weighted by Gasteiger charge is -2.10. The fourth-order valence-corrected chi connectivity index (χ4v) is 1.53. The van der Waals surface area contributed by atoms with E-state index >= 15 is 0 Å². The highest BCUT2D eigenvalue weighted by atomic mass is 14.1. The second kappa shape index (κ2) is 3.56. The lowest BCUT2D eigenvalue weighted by Crippen LogP contribution is -1.94. The lowest BCUT2D eigenvalue weighted by molar-refractivity contribution is 0.727. The second-order valence-corrected chi connectivity index (χ2v) is 3.21. The SMILES string of the molecule is CCC(=C1C=CC=C1)C(C)C. The molecule has 0 bridgehead atoms. The first-order valence-corrected chi connectivity index (χ1v) is 4.33. The van der Waals surface area contributed by atoms with Crippen molar-refractivity contribution in [2.45, 2.75) is 27.2 Å². The van der Waals surface area contributed by atoms with E-state index in [1.165, 1.54) is 12.0 Å². The molecule has 0 atom stereocenters. The predicted molar refractivity (Wildman–Crippen MR) is 50.4 cm³/mol. The van der Waals surface area contributed by atoms with Crippen LogP contribution >= 0.6 is 0 Å². The van der Waals surface area contributed by atoms with Crippen LogP contribution in [-0.2, 0) is 0 Å². The van der Waals surface area contributed by atoms with Crippen LogP contribution in [0, 0.1) is 5.92 Å². The van der Waals surface area contributed by atoms with Gasteiger partial charge in [0.1, 0.15) is 0 Å². The highest BCUT2D eigenvalue weighted by Crippen LogP contribution is 2.22. The van der Waals surface area contributed by atoms with E-state index in [1.807, 2.05) is 0 Å². The Hall–Kier alpha value is -0.780. The van der Waals surface area contributed by atoms with Crippen LogP contribution in [0.1, 0.15) is 27.2 Å². The highest BCUT2D eigenvalue weighted by Gasteiger charge is 2.05. The van der Waals surface area contributed by atoms with Gasteiger partial charge in [0, 0.05) is 0 Å². The molecule has 60 valence electrons. The number of rotatable bonds is 2. The molecule has 0 nitrogen and oxygen atoms in total. The van der Waals surface area contributed by atoms with E-state index < -0.39 is 0 Å². The molecule has 0 spiro atoms. The minimum absolute atomic E-state index is 0.683. The smallest absolute Gasteiger partial charge is 0.0251 e. The van der Waals surface area contributed by atoms with Crippen LogP contribution < -0.4 is 0 Å². The molecule has 0 heteroatoms. The van der Waals surface area contributed by atoms with E-state index in [2.05, 4.69) is 45.1 Å². The Bertz CT molecular complexity index is 200.